The fourth-order valence-corrected chi connectivity index (χ4v) is 1.96. The molecule has 22 heavy (non-hydrogen) atoms. The Labute approximate surface area is 127 Å². The number of anilines is 1. The zero-order valence-electron chi connectivity index (χ0n) is 12.3. The van der Waals surface area contributed by atoms with E-state index in [1.165, 1.54) is 12.1 Å². The Hall–Kier alpha value is -2.89. The monoisotopic (exact) mass is 300 g/mol. The summed E-state index contributed by atoms with van der Waals surface area (Å²) >= 11 is 0. The van der Waals surface area contributed by atoms with E-state index in [1.54, 1.807) is 50.4 Å². The lowest BCUT2D eigenvalue weighted by Crippen LogP contribution is -2.18. The van der Waals surface area contributed by atoms with Gasteiger partial charge in [0.05, 0.1) is 18.0 Å². The first-order valence-electron chi connectivity index (χ1n) is 6.70. The third-order valence-corrected chi connectivity index (χ3v) is 3.35. The van der Waals surface area contributed by atoms with Crippen molar-refractivity contribution in [1.29, 1.82) is 0 Å². The Balaban J connectivity index is 2.06. The van der Waals surface area contributed by atoms with Crippen molar-refractivity contribution < 1.29 is 14.5 Å². The van der Waals surface area contributed by atoms with Crippen molar-refractivity contribution in [2.45, 2.75) is 12.8 Å². The van der Waals surface area contributed by atoms with Crippen LogP contribution in [0.15, 0.2) is 48.5 Å². The topological polar surface area (TPSA) is 81.5 Å². The van der Waals surface area contributed by atoms with Gasteiger partial charge in [-0.3, -0.25) is 14.9 Å². The number of rotatable bonds is 5. The van der Waals surface area contributed by atoms with Gasteiger partial charge in [-0.1, -0.05) is 12.1 Å². The number of nitrogens with zero attached hydrogens (tertiary/aromatic N) is 1. The molecule has 114 valence electrons. The summed E-state index contributed by atoms with van der Waals surface area (Å²) in [5.41, 5.74) is 1.39. The van der Waals surface area contributed by atoms with Gasteiger partial charge in [-0.05, 0) is 36.8 Å². The van der Waals surface area contributed by atoms with Crippen molar-refractivity contribution in [3.05, 3.63) is 64.2 Å². The summed E-state index contributed by atoms with van der Waals surface area (Å²) < 4.78 is 5.05. The maximum atomic E-state index is 12.2. The Bertz CT molecular complexity index is 666. The molecule has 0 bridgehead atoms. The molecule has 0 aliphatic rings. The number of nitrogens with one attached hydrogen (secondary N) is 1. The highest BCUT2D eigenvalue weighted by atomic mass is 16.6. The van der Waals surface area contributed by atoms with Crippen molar-refractivity contribution >= 4 is 17.3 Å². The van der Waals surface area contributed by atoms with Crippen LogP contribution in [0.4, 0.5) is 11.4 Å². The van der Waals surface area contributed by atoms with Crippen LogP contribution in [0.3, 0.4) is 0 Å². The maximum absolute atomic E-state index is 12.2. The second-order valence-corrected chi connectivity index (χ2v) is 4.79. The van der Waals surface area contributed by atoms with Gasteiger partial charge in [0.1, 0.15) is 5.75 Å². The number of methoxy groups -OCH3 is 1. The highest BCUT2D eigenvalue weighted by Crippen LogP contribution is 2.22. The van der Waals surface area contributed by atoms with Crippen LogP contribution in [0, 0.1) is 10.1 Å². The summed E-state index contributed by atoms with van der Waals surface area (Å²) in [5, 5.41) is 13.4. The summed E-state index contributed by atoms with van der Waals surface area (Å²) in [7, 11) is 1.57. The molecule has 1 unspecified atom stereocenters. The summed E-state index contributed by atoms with van der Waals surface area (Å²) in [5.74, 6) is 0.114. The Morgan fingerprint density at radius 3 is 2.23 bits per heavy atom. The fraction of sp³-hybridized carbons (Fsp3) is 0.188. The first-order valence-corrected chi connectivity index (χ1v) is 6.70. The third kappa shape index (κ3) is 3.60. The van der Waals surface area contributed by atoms with Crippen LogP contribution in [-0.2, 0) is 4.79 Å². The number of carbonyl (C=O) groups is 1. The molecule has 0 saturated carbocycles. The molecule has 0 fully saturated rings. The second kappa shape index (κ2) is 6.71. The molecule has 0 aliphatic heterocycles. The number of nitro benzene ring substituents is 1. The van der Waals surface area contributed by atoms with Crippen molar-refractivity contribution in [2.75, 3.05) is 12.4 Å². The lowest BCUT2D eigenvalue weighted by Gasteiger charge is -2.12. The van der Waals surface area contributed by atoms with Crippen molar-refractivity contribution in [3.8, 4) is 5.75 Å². The van der Waals surface area contributed by atoms with Crippen LogP contribution >= 0.6 is 0 Å². The van der Waals surface area contributed by atoms with Gasteiger partial charge in [-0.25, -0.2) is 0 Å². The van der Waals surface area contributed by atoms with E-state index in [0.29, 0.717) is 11.4 Å². The van der Waals surface area contributed by atoms with Gasteiger partial charge < -0.3 is 10.1 Å². The molecule has 1 N–H and O–H groups in total. The van der Waals surface area contributed by atoms with E-state index in [2.05, 4.69) is 5.32 Å². The highest BCUT2D eigenvalue weighted by Gasteiger charge is 2.16. The third-order valence-electron chi connectivity index (χ3n) is 3.35. The van der Waals surface area contributed by atoms with E-state index in [1.807, 2.05) is 0 Å². The predicted octanol–water partition coefficient (Wildman–Crippen LogP) is 3.35. The Kier molecular flexibility index (Phi) is 4.73. The largest absolute Gasteiger partial charge is 0.497 e. The Morgan fingerprint density at radius 1 is 1.14 bits per heavy atom. The molecule has 1 amide bonds. The lowest BCUT2D eigenvalue weighted by molar-refractivity contribution is -0.384. The molecule has 2 rings (SSSR count). The molecule has 6 nitrogen and oxygen atoms in total. The van der Waals surface area contributed by atoms with E-state index in [9.17, 15) is 14.9 Å². The van der Waals surface area contributed by atoms with E-state index in [4.69, 9.17) is 4.74 Å². The van der Waals surface area contributed by atoms with Crippen molar-refractivity contribution in [2.24, 2.45) is 0 Å². The zero-order valence-corrected chi connectivity index (χ0v) is 12.3. The number of hydrogen-bond acceptors (Lipinski definition) is 4. The van der Waals surface area contributed by atoms with Gasteiger partial charge in [0.25, 0.3) is 5.69 Å². The van der Waals surface area contributed by atoms with Gasteiger partial charge in [0.2, 0.25) is 5.91 Å². The van der Waals surface area contributed by atoms with Gasteiger partial charge in [-0.15, -0.1) is 0 Å². The number of non-ortho nitro benzene ring substituents is 1. The molecular formula is C16H16N2O4. The van der Waals surface area contributed by atoms with Crippen LogP contribution in [0.1, 0.15) is 18.4 Å². The summed E-state index contributed by atoms with van der Waals surface area (Å²) in [6.45, 7) is 1.75. The quantitative estimate of drug-likeness (QED) is 0.678. The SMILES string of the molecule is COc1ccc(NC(=O)C(C)c2ccc([N+](=O)[O-])cc2)cc1. The Morgan fingerprint density at radius 2 is 1.73 bits per heavy atom. The van der Waals surface area contributed by atoms with E-state index < -0.39 is 10.8 Å². The number of carbonyl (C=O) groups excluding carboxylic acids is 1. The maximum Gasteiger partial charge on any atom is 0.269 e. The minimum absolute atomic E-state index is 0.00603. The molecule has 0 saturated heterocycles. The average Bonchev–Trinajstić information content (AvgIpc) is 2.55. The number of hydrogen-bond donors (Lipinski definition) is 1. The predicted molar refractivity (Wildman–Crippen MR) is 83.1 cm³/mol. The zero-order chi connectivity index (χ0) is 16.1. The number of amides is 1. The molecule has 0 radical (unpaired) electrons. The smallest absolute Gasteiger partial charge is 0.269 e. The molecule has 1 atom stereocenters. The van der Waals surface area contributed by atoms with Crippen LogP contribution < -0.4 is 10.1 Å². The van der Waals surface area contributed by atoms with Crippen LogP contribution in [0.5, 0.6) is 5.75 Å². The van der Waals surface area contributed by atoms with E-state index in [-0.39, 0.29) is 11.6 Å². The first-order chi connectivity index (χ1) is 10.5. The normalized spacial score (nSPS) is 11.5. The summed E-state index contributed by atoms with van der Waals surface area (Å²) in [6, 6.07) is 13.0. The average molecular weight is 300 g/mol. The highest BCUT2D eigenvalue weighted by molar-refractivity contribution is 5.95. The molecular weight excluding hydrogens is 284 g/mol. The molecule has 0 spiro atoms. The van der Waals surface area contributed by atoms with Crippen LogP contribution in [0.25, 0.3) is 0 Å². The van der Waals surface area contributed by atoms with Gasteiger partial charge in [-0.2, -0.15) is 0 Å². The molecule has 0 heterocycles. The number of benzene rings is 2. The van der Waals surface area contributed by atoms with Crippen LogP contribution in [0.2, 0.25) is 0 Å². The first kappa shape index (κ1) is 15.5. The summed E-state index contributed by atoms with van der Waals surface area (Å²) in [6.07, 6.45) is 0. The second-order valence-electron chi connectivity index (χ2n) is 4.79. The minimum atomic E-state index is -0.466. The van der Waals surface area contributed by atoms with Crippen molar-refractivity contribution in [1.82, 2.24) is 0 Å². The molecule has 0 aromatic heterocycles. The molecule has 2 aromatic carbocycles. The molecule has 0 aliphatic carbocycles. The number of nitro groups is 1. The fourth-order valence-electron chi connectivity index (χ4n) is 1.96. The molecule has 2 aromatic rings. The number of ether oxygens (including phenoxy) is 1. The van der Waals surface area contributed by atoms with Gasteiger partial charge >= 0.3 is 0 Å². The molecule has 6 heteroatoms. The van der Waals surface area contributed by atoms with Crippen molar-refractivity contribution in [3.63, 3.8) is 0 Å². The standard InChI is InChI=1S/C16H16N2O4/c1-11(12-3-7-14(8-4-12)18(20)21)16(19)17-13-5-9-15(22-2)10-6-13/h3-11H,1-2H3,(H,17,19). The van der Waals surface area contributed by atoms with Gasteiger partial charge in [0, 0.05) is 17.8 Å². The van der Waals surface area contributed by atoms with Crippen LogP contribution in [-0.4, -0.2) is 17.9 Å². The van der Waals surface area contributed by atoms with E-state index in [0.717, 1.165) is 5.56 Å². The summed E-state index contributed by atoms with van der Waals surface area (Å²) in [4.78, 5) is 22.4. The van der Waals surface area contributed by atoms with Gasteiger partial charge in [0.15, 0.2) is 0 Å². The lowest BCUT2D eigenvalue weighted by atomic mass is 10.00. The minimum Gasteiger partial charge on any atom is -0.497 e. The van der Waals surface area contributed by atoms with E-state index >= 15 is 0 Å².